The highest BCUT2D eigenvalue weighted by Gasteiger charge is 2.35. The first-order valence-electron chi connectivity index (χ1n) is 9.85. The molecule has 0 saturated heterocycles. The summed E-state index contributed by atoms with van der Waals surface area (Å²) in [5.74, 6) is -1.50. The maximum absolute atomic E-state index is 14.6. The van der Waals surface area contributed by atoms with Gasteiger partial charge in [-0.15, -0.1) is 6.58 Å². The molecule has 0 aliphatic carbocycles. The van der Waals surface area contributed by atoms with E-state index in [0.717, 1.165) is 24.1 Å². The fourth-order valence-electron chi connectivity index (χ4n) is 3.55. The Morgan fingerprint density at radius 1 is 1.17 bits per heavy atom. The molecular formula is C23H26F2N4O. The van der Waals surface area contributed by atoms with Crippen molar-refractivity contribution in [2.45, 2.75) is 32.0 Å². The first-order chi connectivity index (χ1) is 14.4. The van der Waals surface area contributed by atoms with Gasteiger partial charge in [0.1, 0.15) is 29.9 Å². The van der Waals surface area contributed by atoms with E-state index in [9.17, 15) is 13.9 Å². The van der Waals surface area contributed by atoms with Crippen LogP contribution in [0, 0.1) is 11.6 Å². The Balaban J connectivity index is 1.90. The van der Waals surface area contributed by atoms with Gasteiger partial charge < -0.3 is 5.11 Å². The van der Waals surface area contributed by atoms with Crippen molar-refractivity contribution in [1.29, 1.82) is 0 Å². The second-order valence-corrected chi connectivity index (χ2v) is 7.38. The van der Waals surface area contributed by atoms with Gasteiger partial charge in [-0.3, -0.25) is 4.90 Å². The average molecular weight is 412 g/mol. The number of aliphatic hydroxyl groups is 1. The lowest BCUT2D eigenvalue weighted by Gasteiger charge is -2.34. The summed E-state index contributed by atoms with van der Waals surface area (Å²) >= 11 is 0. The lowest BCUT2D eigenvalue weighted by molar-refractivity contribution is -0.0210. The molecule has 0 radical (unpaired) electrons. The zero-order valence-electron chi connectivity index (χ0n) is 17.0. The van der Waals surface area contributed by atoms with Gasteiger partial charge in [0.25, 0.3) is 0 Å². The molecule has 1 aromatic heterocycles. The van der Waals surface area contributed by atoms with Crippen LogP contribution in [0.2, 0.25) is 0 Å². The number of hydrogen-bond donors (Lipinski definition) is 1. The lowest BCUT2D eigenvalue weighted by atomic mass is 9.92. The largest absolute Gasteiger partial charge is 0.382 e. The van der Waals surface area contributed by atoms with Gasteiger partial charge in [-0.2, -0.15) is 5.10 Å². The molecule has 0 saturated carbocycles. The summed E-state index contributed by atoms with van der Waals surface area (Å²) in [5.41, 5.74) is 0.661. The molecule has 0 bridgehead atoms. The maximum Gasteiger partial charge on any atom is 0.137 e. The van der Waals surface area contributed by atoms with Gasteiger partial charge in [-0.1, -0.05) is 43.3 Å². The Bertz CT molecular complexity index is 960. The molecule has 0 aliphatic heterocycles. The van der Waals surface area contributed by atoms with Crippen molar-refractivity contribution in [3.8, 4) is 0 Å². The summed E-state index contributed by atoms with van der Waals surface area (Å²) in [6.45, 7) is 6.99. The first kappa shape index (κ1) is 21.8. The Kier molecular flexibility index (Phi) is 7.07. The monoisotopic (exact) mass is 412 g/mol. The van der Waals surface area contributed by atoms with Crippen LogP contribution >= 0.6 is 0 Å². The van der Waals surface area contributed by atoms with Gasteiger partial charge in [0.15, 0.2) is 0 Å². The highest BCUT2D eigenvalue weighted by molar-refractivity contribution is 5.26. The molecule has 0 aliphatic rings. The van der Waals surface area contributed by atoms with Gasteiger partial charge in [0.05, 0.1) is 6.54 Å². The third-order valence-electron chi connectivity index (χ3n) is 5.03. The van der Waals surface area contributed by atoms with Gasteiger partial charge in [0, 0.05) is 31.3 Å². The molecule has 0 unspecified atom stereocenters. The number of aromatic nitrogens is 3. The van der Waals surface area contributed by atoms with E-state index < -0.39 is 17.2 Å². The van der Waals surface area contributed by atoms with Gasteiger partial charge in [0.2, 0.25) is 0 Å². The summed E-state index contributed by atoms with van der Waals surface area (Å²) in [4.78, 5) is 5.86. The van der Waals surface area contributed by atoms with Crippen LogP contribution in [0.1, 0.15) is 23.6 Å². The van der Waals surface area contributed by atoms with Crippen molar-refractivity contribution < 1.29 is 13.9 Å². The van der Waals surface area contributed by atoms with Crippen molar-refractivity contribution in [1.82, 2.24) is 19.7 Å². The molecule has 158 valence electrons. The smallest absolute Gasteiger partial charge is 0.137 e. The van der Waals surface area contributed by atoms with Crippen molar-refractivity contribution in [2.75, 3.05) is 13.1 Å². The van der Waals surface area contributed by atoms with Gasteiger partial charge in [-0.25, -0.2) is 18.4 Å². The van der Waals surface area contributed by atoms with Gasteiger partial charge >= 0.3 is 0 Å². The number of nitrogens with zero attached hydrogens (tertiary/aromatic N) is 4. The standard InChI is InChI=1S/C23H26F2N4O/c1-3-11-28(13-19-7-5-18(4-2)6-8-19)14-23(30,15-29-17-26-16-27-29)21-10-9-20(24)12-22(21)25/h3,5-10,12,16-17,30H,1,4,11,13-15H2,2H3/t23-/m0/s1. The lowest BCUT2D eigenvalue weighted by Crippen LogP contribution is -2.44. The fraction of sp³-hybridized carbons (Fsp3) is 0.304. The van der Waals surface area contributed by atoms with E-state index in [-0.39, 0.29) is 18.7 Å². The quantitative estimate of drug-likeness (QED) is 0.516. The molecule has 2 aromatic carbocycles. The second-order valence-electron chi connectivity index (χ2n) is 7.38. The van der Waals surface area contributed by atoms with Crippen LogP contribution in [0.15, 0.2) is 67.8 Å². The van der Waals surface area contributed by atoms with Crippen molar-refractivity contribution in [2.24, 2.45) is 0 Å². The van der Waals surface area contributed by atoms with Crippen LogP contribution in [0.3, 0.4) is 0 Å². The first-order valence-corrected chi connectivity index (χ1v) is 9.85. The van der Waals surface area contributed by atoms with Crippen LogP contribution in [0.25, 0.3) is 0 Å². The molecule has 30 heavy (non-hydrogen) atoms. The van der Waals surface area contributed by atoms with Gasteiger partial charge in [-0.05, 0) is 23.6 Å². The summed E-state index contributed by atoms with van der Waals surface area (Å²) in [7, 11) is 0. The van der Waals surface area contributed by atoms with Crippen molar-refractivity contribution in [3.05, 3.63) is 96.1 Å². The highest BCUT2D eigenvalue weighted by Crippen LogP contribution is 2.28. The zero-order valence-corrected chi connectivity index (χ0v) is 17.0. The molecule has 3 aromatic rings. The predicted octanol–water partition coefficient (Wildman–Crippen LogP) is 3.69. The summed E-state index contributed by atoms with van der Waals surface area (Å²) in [5, 5.41) is 15.6. The summed E-state index contributed by atoms with van der Waals surface area (Å²) in [6, 6.07) is 11.4. The van der Waals surface area contributed by atoms with E-state index in [1.54, 1.807) is 6.08 Å². The van der Waals surface area contributed by atoms with Crippen LogP contribution in [-0.2, 0) is 25.1 Å². The van der Waals surface area contributed by atoms with E-state index in [4.69, 9.17) is 0 Å². The summed E-state index contributed by atoms with van der Waals surface area (Å²) in [6.07, 6.45) is 5.49. The minimum atomic E-state index is -1.65. The Hall–Kier alpha value is -2.90. The average Bonchev–Trinajstić information content (AvgIpc) is 3.21. The van der Waals surface area contributed by atoms with E-state index >= 15 is 0 Å². The number of hydrogen-bond acceptors (Lipinski definition) is 4. The third-order valence-corrected chi connectivity index (χ3v) is 5.03. The SMILES string of the molecule is C=CCN(Cc1ccc(CC)cc1)C[C@](O)(Cn1cncn1)c1ccc(F)cc1F. The molecule has 3 rings (SSSR count). The van der Waals surface area contributed by atoms with Crippen molar-refractivity contribution >= 4 is 0 Å². The Labute approximate surface area is 175 Å². The topological polar surface area (TPSA) is 54.2 Å². The molecule has 1 N–H and O–H groups in total. The van der Waals surface area contributed by atoms with Crippen LogP contribution in [0.5, 0.6) is 0 Å². The number of benzene rings is 2. The summed E-state index contributed by atoms with van der Waals surface area (Å²) < 4.78 is 29.5. The van der Waals surface area contributed by atoms with Crippen LogP contribution < -0.4 is 0 Å². The van der Waals surface area contributed by atoms with E-state index in [0.29, 0.717) is 13.1 Å². The molecule has 0 amide bonds. The van der Waals surface area contributed by atoms with E-state index in [2.05, 4.69) is 35.7 Å². The highest BCUT2D eigenvalue weighted by atomic mass is 19.1. The normalized spacial score (nSPS) is 13.4. The Morgan fingerprint density at radius 3 is 2.50 bits per heavy atom. The van der Waals surface area contributed by atoms with Crippen LogP contribution in [-0.4, -0.2) is 37.9 Å². The number of aryl methyl sites for hydroxylation is 1. The molecule has 1 atom stereocenters. The number of rotatable bonds is 10. The van der Waals surface area contributed by atoms with E-state index in [1.807, 2.05) is 17.0 Å². The molecule has 0 spiro atoms. The van der Waals surface area contributed by atoms with Crippen LogP contribution in [0.4, 0.5) is 8.78 Å². The zero-order chi connectivity index (χ0) is 21.6. The predicted molar refractivity (Wildman–Crippen MR) is 112 cm³/mol. The Morgan fingerprint density at radius 2 is 1.90 bits per heavy atom. The fourth-order valence-corrected chi connectivity index (χ4v) is 3.55. The molecule has 0 fully saturated rings. The third kappa shape index (κ3) is 5.37. The minimum absolute atomic E-state index is 0.00907. The molecule has 5 nitrogen and oxygen atoms in total. The molecule has 7 heteroatoms. The number of halogens is 2. The maximum atomic E-state index is 14.6. The second kappa shape index (κ2) is 9.73. The van der Waals surface area contributed by atoms with E-state index in [1.165, 1.54) is 29.0 Å². The minimum Gasteiger partial charge on any atom is -0.382 e. The molecular weight excluding hydrogens is 386 g/mol. The van der Waals surface area contributed by atoms with Crippen molar-refractivity contribution in [3.63, 3.8) is 0 Å². The molecule has 1 heterocycles.